The standard InChI is InChI=1S/C16H24N2O3/c1-4-21-16(20)13-6-5-7-18(10-13)15(19)9-14-8-11(2)17-12(14)3/h8,13,17H,4-7,9-10H2,1-3H3. The monoisotopic (exact) mass is 292 g/mol. The molecule has 5 nitrogen and oxygen atoms in total. The van der Waals surface area contributed by atoms with Crippen molar-refractivity contribution in [1.82, 2.24) is 9.88 Å². The molecule has 21 heavy (non-hydrogen) atoms. The van der Waals surface area contributed by atoms with Crippen molar-refractivity contribution in [1.29, 1.82) is 0 Å². The molecule has 2 heterocycles. The molecule has 1 atom stereocenters. The number of amides is 1. The third kappa shape index (κ3) is 3.86. The van der Waals surface area contributed by atoms with Crippen molar-refractivity contribution < 1.29 is 14.3 Å². The Kier molecular flexibility index (Phi) is 5.04. The SMILES string of the molecule is CCOC(=O)C1CCCN(C(=O)Cc2cc(C)[nH]c2C)C1. The van der Waals surface area contributed by atoms with Crippen molar-refractivity contribution in [3.63, 3.8) is 0 Å². The van der Waals surface area contributed by atoms with Crippen LogP contribution < -0.4 is 0 Å². The molecule has 1 fully saturated rings. The summed E-state index contributed by atoms with van der Waals surface area (Å²) in [4.78, 5) is 29.2. The molecule has 1 aromatic heterocycles. The quantitative estimate of drug-likeness (QED) is 0.863. The Morgan fingerprint density at radius 1 is 1.43 bits per heavy atom. The molecule has 0 bridgehead atoms. The molecule has 2 rings (SSSR count). The lowest BCUT2D eigenvalue weighted by molar-refractivity contribution is -0.151. The molecule has 1 aromatic rings. The van der Waals surface area contributed by atoms with Gasteiger partial charge in [0.05, 0.1) is 18.9 Å². The van der Waals surface area contributed by atoms with Crippen molar-refractivity contribution in [2.45, 2.75) is 40.0 Å². The highest BCUT2D eigenvalue weighted by Gasteiger charge is 2.29. The van der Waals surface area contributed by atoms with Crippen molar-refractivity contribution in [3.8, 4) is 0 Å². The Balaban J connectivity index is 1.96. The zero-order valence-electron chi connectivity index (χ0n) is 13.1. The lowest BCUT2D eigenvalue weighted by atomic mass is 9.97. The molecule has 0 radical (unpaired) electrons. The van der Waals surface area contributed by atoms with Crippen LogP contribution in [0.3, 0.4) is 0 Å². The van der Waals surface area contributed by atoms with Crippen molar-refractivity contribution in [2.24, 2.45) is 5.92 Å². The molecule has 0 aliphatic carbocycles. The minimum absolute atomic E-state index is 0.0890. The van der Waals surface area contributed by atoms with Gasteiger partial charge in [-0.2, -0.15) is 0 Å². The van der Waals surface area contributed by atoms with Gasteiger partial charge in [0.2, 0.25) is 5.91 Å². The average molecular weight is 292 g/mol. The van der Waals surface area contributed by atoms with Crippen LogP contribution in [0, 0.1) is 19.8 Å². The summed E-state index contributed by atoms with van der Waals surface area (Å²) in [6, 6.07) is 2.01. The van der Waals surface area contributed by atoms with Gasteiger partial charge in [-0.3, -0.25) is 9.59 Å². The van der Waals surface area contributed by atoms with Crippen molar-refractivity contribution in [2.75, 3.05) is 19.7 Å². The number of carbonyl (C=O) groups is 2. The van der Waals surface area contributed by atoms with E-state index in [4.69, 9.17) is 4.74 Å². The van der Waals surface area contributed by atoms with Crippen LogP contribution in [0.2, 0.25) is 0 Å². The second-order valence-electron chi connectivity index (χ2n) is 5.71. The van der Waals surface area contributed by atoms with E-state index in [1.165, 1.54) is 0 Å². The molecule has 116 valence electrons. The molecule has 1 saturated heterocycles. The van der Waals surface area contributed by atoms with Gasteiger partial charge in [0, 0.05) is 24.5 Å². The van der Waals surface area contributed by atoms with Crippen molar-refractivity contribution in [3.05, 3.63) is 23.0 Å². The first-order valence-electron chi connectivity index (χ1n) is 7.60. The van der Waals surface area contributed by atoms with Gasteiger partial charge in [0.15, 0.2) is 0 Å². The summed E-state index contributed by atoms with van der Waals surface area (Å²) >= 11 is 0. The molecule has 1 amide bonds. The summed E-state index contributed by atoms with van der Waals surface area (Å²) in [5.74, 6) is -0.258. The van der Waals surface area contributed by atoms with E-state index in [9.17, 15) is 9.59 Å². The highest BCUT2D eigenvalue weighted by molar-refractivity contribution is 5.80. The van der Waals surface area contributed by atoms with Crippen LogP contribution in [0.4, 0.5) is 0 Å². The van der Waals surface area contributed by atoms with Crippen LogP contribution in [-0.2, 0) is 20.7 Å². The summed E-state index contributed by atoms with van der Waals surface area (Å²) in [5.41, 5.74) is 3.15. The zero-order valence-corrected chi connectivity index (χ0v) is 13.1. The number of ether oxygens (including phenoxy) is 1. The van der Waals surface area contributed by atoms with Crippen LogP contribution >= 0.6 is 0 Å². The number of esters is 1. The minimum atomic E-state index is -0.177. The number of piperidine rings is 1. The van der Waals surface area contributed by atoms with Crippen LogP contribution in [0.25, 0.3) is 0 Å². The number of nitrogens with one attached hydrogen (secondary N) is 1. The Bertz CT molecular complexity index is 522. The zero-order chi connectivity index (χ0) is 15.4. The lowest BCUT2D eigenvalue weighted by Gasteiger charge is -2.31. The van der Waals surface area contributed by atoms with Gasteiger partial charge >= 0.3 is 5.97 Å². The van der Waals surface area contributed by atoms with E-state index in [2.05, 4.69) is 4.98 Å². The fourth-order valence-electron chi connectivity index (χ4n) is 2.90. The predicted octanol–water partition coefficient (Wildman–Crippen LogP) is 1.98. The number of aromatic amines is 1. The van der Waals surface area contributed by atoms with Gasteiger partial charge in [0.25, 0.3) is 0 Å². The lowest BCUT2D eigenvalue weighted by Crippen LogP contribution is -2.43. The van der Waals surface area contributed by atoms with Crippen LogP contribution in [0.1, 0.15) is 36.7 Å². The molecule has 1 aliphatic rings. The Morgan fingerprint density at radius 2 is 2.19 bits per heavy atom. The van der Waals surface area contributed by atoms with Gasteiger partial charge in [0.1, 0.15) is 0 Å². The van der Waals surface area contributed by atoms with Gasteiger partial charge in [-0.25, -0.2) is 0 Å². The number of rotatable bonds is 4. The van der Waals surface area contributed by atoms with E-state index in [0.29, 0.717) is 19.6 Å². The maximum absolute atomic E-state index is 12.4. The highest BCUT2D eigenvalue weighted by Crippen LogP contribution is 2.19. The van der Waals surface area contributed by atoms with E-state index < -0.39 is 0 Å². The number of hydrogen-bond acceptors (Lipinski definition) is 3. The fourth-order valence-corrected chi connectivity index (χ4v) is 2.90. The first-order valence-corrected chi connectivity index (χ1v) is 7.60. The number of likely N-dealkylation sites (tertiary alicyclic amines) is 1. The van der Waals surface area contributed by atoms with E-state index in [-0.39, 0.29) is 17.8 Å². The number of nitrogens with zero attached hydrogens (tertiary/aromatic N) is 1. The van der Waals surface area contributed by atoms with E-state index >= 15 is 0 Å². The molecular formula is C16H24N2O3. The van der Waals surface area contributed by atoms with Gasteiger partial charge in [-0.05, 0) is 45.2 Å². The molecule has 0 aromatic carbocycles. The molecule has 5 heteroatoms. The van der Waals surface area contributed by atoms with Gasteiger partial charge < -0.3 is 14.6 Å². The van der Waals surface area contributed by atoms with E-state index in [0.717, 1.165) is 36.3 Å². The number of H-pyrrole nitrogens is 1. The van der Waals surface area contributed by atoms with E-state index in [1.807, 2.05) is 19.9 Å². The second kappa shape index (κ2) is 6.78. The second-order valence-corrected chi connectivity index (χ2v) is 5.71. The first-order chi connectivity index (χ1) is 10.0. The number of carbonyl (C=O) groups excluding carboxylic acids is 2. The maximum Gasteiger partial charge on any atom is 0.310 e. The predicted molar refractivity (Wildman–Crippen MR) is 79.9 cm³/mol. The Labute approximate surface area is 125 Å². The van der Waals surface area contributed by atoms with Crippen LogP contribution in [0.15, 0.2) is 6.07 Å². The minimum Gasteiger partial charge on any atom is -0.466 e. The van der Waals surface area contributed by atoms with E-state index in [1.54, 1.807) is 11.8 Å². The Hall–Kier alpha value is -1.78. The molecule has 0 spiro atoms. The highest BCUT2D eigenvalue weighted by atomic mass is 16.5. The van der Waals surface area contributed by atoms with Crippen molar-refractivity contribution >= 4 is 11.9 Å². The largest absolute Gasteiger partial charge is 0.466 e. The first kappa shape index (κ1) is 15.6. The summed E-state index contributed by atoms with van der Waals surface area (Å²) in [6.45, 7) is 7.38. The summed E-state index contributed by atoms with van der Waals surface area (Å²) in [6.07, 6.45) is 2.07. The Morgan fingerprint density at radius 3 is 2.81 bits per heavy atom. The third-order valence-corrected chi connectivity index (χ3v) is 3.99. The summed E-state index contributed by atoms with van der Waals surface area (Å²) in [5, 5.41) is 0. The molecular weight excluding hydrogens is 268 g/mol. The summed E-state index contributed by atoms with van der Waals surface area (Å²) < 4.78 is 5.07. The average Bonchev–Trinajstić information content (AvgIpc) is 2.77. The molecule has 1 N–H and O–H groups in total. The summed E-state index contributed by atoms with van der Waals surface area (Å²) in [7, 11) is 0. The van der Waals surface area contributed by atoms with Gasteiger partial charge in [-0.1, -0.05) is 0 Å². The number of aryl methyl sites for hydroxylation is 2. The molecule has 0 saturated carbocycles. The fraction of sp³-hybridized carbons (Fsp3) is 0.625. The van der Waals surface area contributed by atoms with Crippen LogP contribution in [0.5, 0.6) is 0 Å². The number of hydrogen-bond donors (Lipinski definition) is 1. The van der Waals surface area contributed by atoms with Gasteiger partial charge in [-0.15, -0.1) is 0 Å². The normalized spacial score (nSPS) is 18.6. The maximum atomic E-state index is 12.4. The molecule has 1 aliphatic heterocycles. The topological polar surface area (TPSA) is 62.4 Å². The van der Waals surface area contributed by atoms with Crippen LogP contribution in [-0.4, -0.2) is 41.5 Å². The molecule has 1 unspecified atom stereocenters. The smallest absolute Gasteiger partial charge is 0.310 e. The number of aromatic nitrogens is 1. The third-order valence-electron chi connectivity index (χ3n) is 3.99.